The molecule has 2 aliphatic rings. The van der Waals surface area contributed by atoms with E-state index < -0.39 is 16.6 Å². The van der Waals surface area contributed by atoms with Crippen LogP contribution in [0.5, 0.6) is 17.2 Å². The molecule has 1 amide bonds. The molecule has 4 rings (SSSR count). The van der Waals surface area contributed by atoms with E-state index in [0.717, 1.165) is 23.6 Å². The first-order chi connectivity index (χ1) is 16.3. The molecule has 0 aromatic heterocycles. The third-order valence-electron chi connectivity index (χ3n) is 6.72. The average molecular weight is 509 g/mol. The van der Waals surface area contributed by atoms with Gasteiger partial charge in [-0.05, 0) is 61.4 Å². The maximum atomic E-state index is 13.8. The lowest BCUT2D eigenvalue weighted by Gasteiger charge is -2.28. The fraction of sp³-hybridized carbons (Fsp3) is 0.458. The summed E-state index contributed by atoms with van der Waals surface area (Å²) in [5.74, 6) is 1.67. The molecule has 8 nitrogen and oxygen atoms in total. The van der Waals surface area contributed by atoms with E-state index in [4.69, 9.17) is 25.8 Å². The standard InChI is InChI=1S/C24H29ClN2O6S/c1-31-21-8-6-17(25)12-20(21)27(14-24(28)26-19-11-15-4-5-16(19)10-15)34(29,30)18-7-9-22(32-2)23(13-18)33-3/h6-9,12-13,15-16,19H,4-5,10-11,14H2,1-3H3,(H,26,28)/t15-,16-,19+/m0/s1. The van der Waals surface area contributed by atoms with Crippen LogP contribution in [-0.2, 0) is 14.8 Å². The lowest BCUT2D eigenvalue weighted by atomic mass is 9.95. The number of benzene rings is 2. The molecule has 2 bridgehead atoms. The van der Waals surface area contributed by atoms with Crippen molar-refractivity contribution in [3.8, 4) is 17.2 Å². The summed E-state index contributed by atoms with van der Waals surface area (Å²) in [6, 6.07) is 9.01. The molecule has 0 saturated heterocycles. The van der Waals surface area contributed by atoms with Gasteiger partial charge < -0.3 is 19.5 Å². The van der Waals surface area contributed by atoms with Gasteiger partial charge in [0.05, 0.1) is 31.9 Å². The quantitative estimate of drug-likeness (QED) is 0.552. The Morgan fingerprint density at radius 1 is 1.00 bits per heavy atom. The number of sulfonamides is 1. The third kappa shape index (κ3) is 4.77. The van der Waals surface area contributed by atoms with Gasteiger partial charge in [0.2, 0.25) is 5.91 Å². The van der Waals surface area contributed by atoms with E-state index in [0.29, 0.717) is 22.6 Å². The van der Waals surface area contributed by atoms with Gasteiger partial charge in [-0.2, -0.15) is 0 Å². The number of halogens is 1. The molecule has 2 aromatic carbocycles. The summed E-state index contributed by atoms with van der Waals surface area (Å²) in [5.41, 5.74) is 0.174. The fourth-order valence-corrected chi connectivity index (χ4v) is 6.67. The molecule has 3 atom stereocenters. The maximum Gasteiger partial charge on any atom is 0.265 e. The van der Waals surface area contributed by atoms with Crippen LogP contribution in [0.3, 0.4) is 0 Å². The number of nitrogens with one attached hydrogen (secondary N) is 1. The Kier molecular flexibility index (Phi) is 7.14. The van der Waals surface area contributed by atoms with Crippen LogP contribution in [0.15, 0.2) is 41.3 Å². The Bertz CT molecular complexity index is 1170. The minimum absolute atomic E-state index is 0.0556. The number of rotatable bonds is 9. The Morgan fingerprint density at radius 3 is 2.32 bits per heavy atom. The number of hydrogen-bond donors (Lipinski definition) is 1. The van der Waals surface area contributed by atoms with Crippen LogP contribution in [0.2, 0.25) is 5.02 Å². The lowest BCUT2D eigenvalue weighted by Crippen LogP contribution is -2.46. The first kappa shape index (κ1) is 24.5. The van der Waals surface area contributed by atoms with E-state index in [1.54, 1.807) is 12.1 Å². The molecule has 1 N–H and O–H groups in total. The van der Waals surface area contributed by atoms with E-state index in [9.17, 15) is 13.2 Å². The normalized spacial score (nSPS) is 21.2. The molecule has 2 aromatic rings. The highest BCUT2D eigenvalue weighted by atomic mass is 35.5. The number of hydrogen-bond acceptors (Lipinski definition) is 6. The van der Waals surface area contributed by atoms with E-state index >= 15 is 0 Å². The minimum Gasteiger partial charge on any atom is -0.495 e. The number of anilines is 1. The Hall–Kier alpha value is -2.65. The lowest BCUT2D eigenvalue weighted by molar-refractivity contribution is -0.120. The van der Waals surface area contributed by atoms with Crippen molar-refractivity contribution < 1.29 is 27.4 Å². The zero-order valence-corrected chi connectivity index (χ0v) is 21.0. The molecule has 10 heteroatoms. The number of carbonyl (C=O) groups is 1. The topological polar surface area (TPSA) is 94.2 Å². The van der Waals surface area contributed by atoms with Crippen LogP contribution in [0.4, 0.5) is 5.69 Å². The zero-order chi connectivity index (χ0) is 24.5. The molecule has 0 heterocycles. The highest BCUT2D eigenvalue weighted by molar-refractivity contribution is 7.92. The van der Waals surface area contributed by atoms with Crippen molar-refractivity contribution in [1.82, 2.24) is 5.32 Å². The SMILES string of the molecule is COc1ccc(S(=O)(=O)N(CC(=O)N[C@@H]2C[C@H]3CC[C@H]2C3)c2cc(Cl)ccc2OC)cc1OC. The highest BCUT2D eigenvalue weighted by Gasteiger charge is 2.40. The van der Waals surface area contributed by atoms with Crippen molar-refractivity contribution in [2.45, 2.75) is 36.6 Å². The van der Waals surface area contributed by atoms with Gasteiger partial charge in [-0.1, -0.05) is 18.0 Å². The first-order valence-electron chi connectivity index (χ1n) is 11.1. The number of carbonyl (C=O) groups excluding carboxylic acids is 1. The van der Waals surface area contributed by atoms with Crippen molar-refractivity contribution in [3.63, 3.8) is 0 Å². The second-order valence-electron chi connectivity index (χ2n) is 8.69. The van der Waals surface area contributed by atoms with E-state index in [1.807, 2.05) is 0 Å². The molecule has 184 valence electrons. The zero-order valence-electron chi connectivity index (χ0n) is 19.4. The van der Waals surface area contributed by atoms with E-state index in [-0.39, 0.29) is 34.0 Å². The highest BCUT2D eigenvalue weighted by Crippen LogP contribution is 2.44. The molecular weight excluding hydrogens is 480 g/mol. The molecule has 2 fully saturated rings. The predicted molar refractivity (Wildman–Crippen MR) is 129 cm³/mol. The largest absolute Gasteiger partial charge is 0.495 e. The second-order valence-corrected chi connectivity index (χ2v) is 11.0. The van der Waals surface area contributed by atoms with Crippen molar-refractivity contribution >= 4 is 33.2 Å². The minimum atomic E-state index is -4.20. The molecule has 0 aliphatic heterocycles. The van der Waals surface area contributed by atoms with Crippen molar-refractivity contribution in [3.05, 3.63) is 41.4 Å². The Morgan fingerprint density at radius 2 is 1.71 bits per heavy atom. The van der Waals surface area contributed by atoms with Crippen LogP contribution >= 0.6 is 11.6 Å². The summed E-state index contributed by atoms with van der Waals surface area (Å²) in [5, 5.41) is 3.38. The molecule has 34 heavy (non-hydrogen) atoms. The molecule has 0 spiro atoms. The molecule has 2 saturated carbocycles. The summed E-state index contributed by atoms with van der Waals surface area (Å²) >= 11 is 6.20. The van der Waals surface area contributed by atoms with E-state index in [1.165, 1.54) is 52.0 Å². The number of methoxy groups -OCH3 is 3. The Labute approximate surface area is 205 Å². The van der Waals surface area contributed by atoms with Crippen molar-refractivity contribution in [1.29, 1.82) is 0 Å². The summed E-state index contributed by atoms with van der Waals surface area (Å²) in [6.07, 6.45) is 4.38. The molecular formula is C24H29ClN2O6S. The summed E-state index contributed by atoms with van der Waals surface area (Å²) < 4.78 is 44.6. The Balaban J connectivity index is 1.70. The van der Waals surface area contributed by atoms with Crippen molar-refractivity contribution in [2.24, 2.45) is 11.8 Å². The van der Waals surface area contributed by atoms with Crippen LogP contribution in [-0.4, -0.2) is 48.2 Å². The number of nitrogens with zero attached hydrogens (tertiary/aromatic N) is 1. The maximum absolute atomic E-state index is 13.8. The predicted octanol–water partition coefficient (Wildman–Crippen LogP) is 3.87. The molecule has 0 unspecified atom stereocenters. The number of fused-ring (bicyclic) bond motifs is 2. The molecule has 2 aliphatic carbocycles. The summed E-state index contributed by atoms with van der Waals surface area (Å²) in [6.45, 7) is -0.415. The second kappa shape index (κ2) is 9.92. The van der Waals surface area contributed by atoms with Gasteiger partial charge >= 0.3 is 0 Å². The van der Waals surface area contributed by atoms with Crippen molar-refractivity contribution in [2.75, 3.05) is 32.2 Å². The van der Waals surface area contributed by atoms with Gasteiger partial charge in [0.1, 0.15) is 12.3 Å². The molecule has 0 radical (unpaired) electrons. The summed E-state index contributed by atoms with van der Waals surface area (Å²) in [4.78, 5) is 13.1. The number of amides is 1. The van der Waals surface area contributed by atoms with Crippen LogP contribution in [0.1, 0.15) is 25.7 Å². The number of ether oxygens (including phenoxy) is 3. The van der Waals surface area contributed by atoms with Gasteiger partial charge in [-0.25, -0.2) is 8.42 Å². The van der Waals surface area contributed by atoms with Gasteiger partial charge in [0.15, 0.2) is 11.5 Å². The van der Waals surface area contributed by atoms with E-state index in [2.05, 4.69) is 5.32 Å². The van der Waals surface area contributed by atoms with Crippen LogP contribution < -0.4 is 23.8 Å². The van der Waals surface area contributed by atoms with Gasteiger partial charge in [-0.15, -0.1) is 0 Å². The first-order valence-corrected chi connectivity index (χ1v) is 13.0. The van der Waals surface area contributed by atoms with Gasteiger partial charge in [0.25, 0.3) is 10.0 Å². The van der Waals surface area contributed by atoms with Gasteiger partial charge in [-0.3, -0.25) is 9.10 Å². The van der Waals surface area contributed by atoms with Gasteiger partial charge in [0, 0.05) is 17.1 Å². The smallest absolute Gasteiger partial charge is 0.265 e. The fourth-order valence-electron chi connectivity index (χ4n) is 5.07. The third-order valence-corrected chi connectivity index (χ3v) is 8.72. The monoisotopic (exact) mass is 508 g/mol. The average Bonchev–Trinajstić information content (AvgIpc) is 3.45. The van der Waals surface area contributed by atoms with Crippen LogP contribution in [0, 0.1) is 11.8 Å². The van der Waals surface area contributed by atoms with Crippen LogP contribution in [0.25, 0.3) is 0 Å². The summed E-state index contributed by atoms with van der Waals surface area (Å²) in [7, 11) is 0.125.